The molecule has 162 valence electrons. The van der Waals surface area contributed by atoms with Crippen LogP contribution in [0.2, 0.25) is 0 Å². The number of aromatic nitrogens is 1. The van der Waals surface area contributed by atoms with Crippen molar-refractivity contribution in [1.82, 2.24) is 15.2 Å². The molecule has 4 rings (SSSR count). The smallest absolute Gasteiger partial charge is 0.270 e. The van der Waals surface area contributed by atoms with Gasteiger partial charge in [-0.05, 0) is 44.7 Å². The first-order valence-electron chi connectivity index (χ1n) is 10.1. The molecule has 1 aromatic carbocycles. The van der Waals surface area contributed by atoms with Gasteiger partial charge in [-0.25, -0.2) is 18.2 Å². The van der Waals surface area contributed by atoms with Gasteiger partial charge in [-0.3, -0.25) is 9.69 Å². The van der Waals surface area contributed by atoms with Crippen LogP contribution in [0.25, 0.3) is 0 Å². The summed E-state index contributed by atoms with van der Waals surface area (Å²) in [5.41, 5.74) is -0.0613. The first kappa shape index (κ1) is 21.3. The van der Waals surface area contributed by atoms with Crippen molar-refractivity contribution in [2.45, 2.75) is 50.9 Å². The SMILES string of the molecule is Cc1nc(C(=O)NCC2CCC3(CCN(Cc4c(F)ccc(F)c4F)CC3)O2)cs1. The largest absolute Gasteiger partial charge is 0.370 e. The Balaban J connectivity index is 1.27. The first-order chi connectivity index (χ1) is 14.3. The first-order valence-corrected chi connectivity index (χ1v) is 11.0. The van der Waals surface area contributed by atoms with Crippen molar-refractivity contribution in [1.29, 1.82) is 0 Å². The summed E-state index contributed by atoms with van der Waals surface area (Å²) in [5, 5.41) is 5.47. The minimum absolute atomic E-state index is 0.0397. The van der Waals surface area contributed by atoms with E-state index in [1.165, 1.54) is 11.3 Å². The molecule has 0 aliphatic carbocycles. The van der Waals surface area contributed by atoms with Gasteiger partial charge < -0.3 is 10.1 Å². The number of nitrogens with one attached hydrogen (secondary N) is 1. The quantitative estimate of drug-likeness (QED) is 0.720. The number of hydrogen-bond acceptors (Lipinski definition) is 5. The van der Waals surface area contributed by atoms with E-state index in [9.17, 15) is 18.0 Å². The molecule has 1 amide bonds. The molecular weight excluding hydrogens is 415 g/mol. The van der Waals surface area contributed by atoms with Gasteiger partial charge in [-0.15, -0.1) is 11.3 Å². The number of halogens is 3. The summed E-state index contributed by atoms with van der Waals surface area (Å²) in [5.74, 6) is -3.06. The molecule has 2 fully saturated rings. The third-order valence-corrected chi connectivity index (χ3v) is 6.74. The van der Waals surface area contributed by atoms with Crippen LogP contribution in [0.5, 0.6) is 0 Å². The lowest BCUT2D eigenvalue weighted by Gasteiger charge is -2.39. The summed E-state index contributed by atoms with van der Waals surface area (Å²) >= 11 is 1.44. The molecule has 1 aromatic heterocycles. The molecule has 3 heterocycles. The van der Waals surface area contributed by atoms with Crippen LogP contribution in [-0.2, 0) is 11.3 Å². The molecule has 2 aliphatic rings. The van der Waals surface area contributed by atoms with Crippen molar-refractivity contribution >= 4 is 17.2 Å². The molecule has 0 saturated carbocycles. The van der Waals surface area contributed by atoms with Crippen molar-refractivity contribution in [2.24, 2.45) is 0 Å². The molecule has 1 unspecified atom stereocenters. The highest BCUT2D eigenvalue weighted by Crippen LogP contribution is 2.39. The number of amides is 1. The van der Waals surface area contributed by atoms with Crippen LogP contribution in [0.3, 0.4) is 0 Å². The molecule has 0 bridgehead atoms. The Bertz CT molecular complexity index is 928. The number of piperidine rings is 1. The molecule has 1 N–H and O–H groups in total. The van der Waals surface area contributed by atoms with Crippen molar-refractivity contribution < 1.29 is 22.7 Å². The van der Waals surface area contributed by atoms with E-state index in [2.05, 4.69) is 10.3 Å². The molecule has 2 saturated heterocycles. The number of ether oxygens (including phenoxy) is 1. The van der Waals surface area contributed by atoms with Gasteiger partial charge in [0.25, 0.3) is 5.91 Å². The van der Waals surface area contributed by atoms with Crippen LogP contribution in [0.15, 0.2) is 17.5 Å². The predicted octanol–water partition coefficient (Wildman–Crippen LogP) is 3.81. The number of aryl methyl sites for hydroxylation is 1. The van der Waals surface area contributed by atoms with Crippen molar-refractivity contribution in [2.75, 3.05) is 19.6 Å². The molecule has 30 heavy (non-hydrogen) atoms. The number of hydrogen-bond donors (Lipinski definition) is 1. The Morgan fingerprint density at radius 2 is 2.00 bits per heavy atom. The predicted molar refractivity (Wildman–Crippen MR) is 107 cm³/mol. The fraction of sp³-hybridized carbons (Fsp3) is 0.524. The minimum atomic E-state index is -1.11. The van der Waals surface area contributed by atoms with E-state index in [0.717, 1.165) is 42.8 Å². The Labute approximate surface area is 177 Å². The van der Waals surface area contributed by atoms with Gasteiger partial charge in [0.1, 0.15) is 11.5 Å². The van der Waals surface area contributed by atoms with Gasteiger partial charge in [-0.2, -0.15) is 0 Å². The van der Waals surface area contributed by atoms with Crippen molar-refractivity contribution in [3.63, 3.8) is 0 Å². The molecule has 2 aliphatic heterocycles. The highest BCUT2D eigenvalue weighted by molar-refractivity contribution is 7.09. The molecular formula is C21H24F3N3O2S. The Kier molecular flexibility index (Phi) is 6.13. The average molecular weight is 440 g/mol. The summed E-state index contributed by atoms with van der Waals surface area (Å²) in [6, 6.07) is 1.77. The van der Waals surface area contributed by atoms with Crippen LogP contribution in [0, 0.1) is 24.4 Å². The van der Waals surface area contributed by atoms with Crippen LogP contribution >= 0.6 is 11.3 Å². The lowest BCUT2D eigenvalue weighted by Crippen LogP contribution is -2.45. The van der Waals surface area contributed by atoms with Gasteiger partial charge in [-0.1, -0.05) is 0 Å². The normalized spacial score (nSPS) is 21.3. The van der Waals surface area contributed by atoms with E-state index in [4.69, 9.17) is 4.74 Å². The number of likely N-dealkylation sites (tertiary alicyclic amines) is 1. The number of carbonyl (C=O) groups is 1. The van der Waals surface area contributed by atoms with Crippen molar-refractivity contribution in [3.8, 4) is 0 Å². The van der Waals surface area contributed by atoms with Crippen LogP contribution in [0.1, 0.15) is 46.7 Å². The molecule has 2 aromatic rings. The Morgan fingerprint density at radius 1 is 1.27 bits per heavy atom. The monoisotopic (exact) mass is 439 g/mol. The second-order valence-electron chi connectivity index (χ2n) is 8.02. The van der Waals surface area contributed by atoms with Crippen LogP contribution in [0.4, 0.5) is 13.2 Å². The molecule has 5 nitrogen and oxygen atoms in total. The zero-order valence-corrected chi connectivity index (χ0v) is 17.5. The highest BCUT2D eigenvalue weighted by atomic mass is 32.1. The summed E-state index contributed by atoms with van der Waals surface area (Å²) in [7, 11) is 0. The molecule has 1 atom stereocenters. The summed E-state index contributed by atoms with van der Waals surface area (Å²) in [4.78, 5) is 18.3. The topological polar surface area (TPSA) is 54.5 Å². The Morgan fingerprint density at radius 3 is 2.70 bits per heavy atom. The molecule has 1 spiro atoms. The number of nitrogens with zero attached hydrogens (tertiary/aromatic N) is 2. The number of rotatable bonds is 5. The summed E-state index contributed by atoms with van der Waals surface area (Å²) in [6.45, 7) is 3.56. The second-order valence-corrected chi connectivity index (χ2v) is 9.08. The van der Waals surface area contributed by atoms with Crippen molar-refractivity contribution in [3.05, 3.63) is 51.2 Å². The van der Waals surface area contributed by atoms with Crippen LogP contribution in [-0.4, -0.2) is 47.1 Å². The fourth-order valence-electron chi connectivity index (χ4n) is 4.23. The van der Waals surface area contributed by atoms with Gasteiger partial charge in [0.2, 0.25) is 0 Å². The van der Waals surface area contributed by atoms with E-state index in [-0.39, 0.29) is 29.7 Å². The van der Waals surface area contributed by atoms with E-state index in [1.54, 1.807) is 5.38 Å². The second kappa shape index (κ2) is 8.64. The lowest BCUT2D eigenvalue weighted by atomic mass is 9.88. The third kappa shape index (κ3) is 4.53. The number of carbonyl (C=O) groups excluding carboxylic acids is 1. The maximum Gasteiger partial charge on any atom is 0.270 e. The van der Waals surface area contributed by atoms with Gasteiger partial charge >= 0.3 is 0 Å². The van der Waals surface area contributed by atoms with E-state index >= 15 is 0 Å². The molecule has 0 radical (unpaired) electrons. The molecule has 9 heteroatoms. The van der Waals surface area contributed by atoms with E-state index in [0.29, 0.717) is 25.3 Å². The lowest BCUT2D eigenvalue weighted by molar-refractivity contribution is -0.0766. The minimum Gasteiger partial charge on any atom is -0.370 e. The van der Waals surface area contributed by atoms with E-state index in [1.807, 2.05) is 11.8 Å². The van der Waals surface area contributed by atoms with E-state index < -0.39 is 17.5 Å². The average Bonchev–Trinajstić information content (AvgIpc) is 3.35. The maximum atomic E-state index is 13.9. The van der Waals surface area contributed by atoms with Gasteiger partial charge in [0.15, 0.2) is 11.6 Å². The highest BCUT2D eigenvalue weighted by Gasteiger charge is 2.42. The number of benzene rings is 1. The third-order valence-electron chi connectivity index (χ3n) is 5.97. The maximum absolute atomic E-state index is 13.9. The Hall–Kier alpha value is -1.97. The zero-order valence-electron chi connectivity index (χ0n) is 16.7. The van der Waals surface area contributed by atoms with Gasteiger partial charge in [0, 0.05) is 37.1 Å². The fourth-order valence-corrected chi connectivity index (χ4v) is 4.82. The zero-order chi connectivity index (χ0) is 21.3. The standard InChI is InChI=1S/C21H24F3N3O2S/c1-13-26-18(12-30-13)20(28)25-10-14-4-5-21(29-14)6-8-27(9-7-21)11-15-16(22)2-3-17(23)19(15)24/h2-3,12,14H,4-11H2,1H3,(H,25,28). The number of thiazole rings is 1. The summed E-state index contributed by atoms with van der Waals surface area (Å²) in [6.07, 6.45) is 3.16. The van der Waals surface area contributed by atoms with Gasteiger partial charge in [0.05, 0.1) is 16.7 Å². The van der Waals surface area contributed by atoms with Crippen LogP contribution < -0.4 is 5.32 Å². The summed E-state index contributed by atoms with van der Waals surface area (Å²) < 4.78 is 47.5.